The second-order valence-corrected chi connectivity index (χ2v) is 4.80. The van der Waals surface area contributed by atoms with Crippen LogP contribution in [0.3, 0.4) is 0 Å². The van der Waals surface area contributed by atoms with Gasteiger partial charge in [-0.1, -0.05) is 36.4 Å². The van der Waals surface area contributed by atoms with Crippen molar-refractivity contribution in [3.63, 3.8) is 0 Å². The van der Waals surface area contributed by atoms with Crippen molar-refractivity contribution in [1.29, 1.82) is 0 Å². The molecule has 0 radical (unpaired) electrons. The van der Waals surface area contributed by atoms with Crippen molar-refractivity contribution < 1.29 is 4.79 Å². The molecule has 4 heteroatoms. The van der Waals surface area contributed by atoms with Gasteiger partial charge in [-0.05, 0) is 24.2 Å². The first kappa shape index (κ1) is 14.2. The van der Waals surface area contributed by atoms with Crippen LogP contribution in [0, 0.1) is 0 Å². The van der Waals surface area contributed by atoms with Crippen LogP contribution >= 0.6 is 0 Å². The number of nitrogens with one attached hydrogen (secondary N) is 1. The van der Waals surface area contributed by atoms with Crippen LogP contribution in [0.15, 0.2) is 54.9 Å². The van der Waals surface area contributed by atoms with E-state index in [1.165, 1.54) is 5.56 Å². The smallest absolute Gasteiger partial charge is 0.234 e. The highest BCUT2D eigenvalue weighted by atomic mass is 16.2. The third-order valence-electron chi connectivity index (χ3n) is 2.92. The van der Waals surface area contributed by atoms with Crippen LogP contribution in [-0.2, 0) is 17.9 Å². The van der Waals surface area contributed by atoms with Gasteiger partial charge in [-0.25, -0.2) is 0 Å². The van der Waals surface area contributed by atoms with E-state index in [4.69, 9.17) is 0 Å². The molecule has 0 saturated heterocycles. The summed E-state index contributed by atoms with van der Waals surface area (Å²) in [6.07, 6.45) is 3.48. The van der Waals surface area contributed by atoms with E-state index in [1.807, 2.05) is 42.3 Å². The fourth-order valence-electron chi connectivity index (χ4n) is 1.96. The molecular formula is C16H19N3O. The molecular weight excluding hydrogens is 250 g/mol. The van der Waals surface area contributed by atoms with Crippen LogP contribution in [0.2, 0.25) is 0 Å². The first-order valence-corrected chi connectivity index (χ1v) is 6.62. The fourth-order valence-corrected chi connectivity index (χ4v) is 1.96. The minimum absolute atomic E-state index is 0.0206. The Kier molecular flexibility index (Phi) is 5.26. The number of hydrogen-bond donors (Lipinski definition) is 1. The third-order valence-corrected chi connectivity index (χ3v) is 2.92. The topological polar surface area (TPSA) is 45.2 Å². The summed E-state index contributed by atoms with van der Waals surface area (Å²) in [6, 6.07) is 13.9. The summed E-state index contributed by atoms with van der Waals surface area (Å²) in [6.45, 7) is 1.67. The molecule has 0 atom stereocenters. The second-order valence-electron chi connectivity index (χ2n) is 4.80. The van der Waals surface area contributed by atoms with Crippen LogP contribution in [0.4, 0.5) is 0 Å². The number of rotatable bonds is 6. The summed E-state index contributed by atoms with van der Waals surface area (Å²) in [5.74, 6) is 0.0206. The molecule has 2 rings (SSSR count). The number of pyridine rings is 1. The van der Waals surface area contributed by atoms with Gasteiger partial charge in [0.25, 0.3) is 0 Å². The Balaban J connectivity index is 1.74. The Morgan fingerprint density at radius 3 is 2.60 bits per heavy atom. The predicted molar refractivity (Wildman–Crippen MR) is 78.9 cm³/mol. The minimum atomic E-state index is 0.0206. The molecule has 0 fully saturated rings. The average Bonchev–Trinajstić information content (AvgIpc) is 2.47. The van der Waals surface area contributed by atoms with Crippen molar-refractivity contribution in [1.82, 2.24) is 15.2 Å². The molecule has 0 unspecified atom stereocenters. The molecule has 2 aromatic rings. The van der Waals surface area contributed by atoms with E-state index >= 15 is 0 Å². The SMILES string of the molecule is CN(CC(=O)NCc1cccnc1)Cc1ccccc1. The van der Waals surface area contributed by atoms with E-state index in [0.29, 0.717) is 13.1 Å². The zero-order valence-electron chi connectivity index (χ0n) is 11.6. The molecule has 0 aliphatic carbocycles. The lowest BCUT2D eigenvalue weighted by atomic mass is 10.2. The van der Waals surface area contributed by atoms with E-state index in [2.05, 4.69) is 22.4 Å². The first-order valence-electron chi connectivity index (χ1n) is 6.62. The second kappa shape index (κ2) is 7.40. The average molecular weight is 269 g/mol. The van der Waals surface area contributed by atoms with E-state index in [-0.39, 0.29) is 5.91 Å². The molecule has 1 amide bonds. The normalized spacial score (nSPS) is 10.5. The van der Waals surface area contributed by atoms with Gasteiger partial charge < -0.3 is 5.32 Å². The van der Waals surface area contributed by atoms with Crippen molar-refractivity contribution in [2.45, 2.75) is 13.1 Å². The molecule has 1 aromatic carbocycles. The number of aromatic nitrogens is 1. The summed E-state index contributed by atoms with van der Waals surface area (Å²) in [5.41, 5.74) is 2.21. The van der Waals surface area contributed by atoms with Gasteiger partial charge in [0, 0.05) is 25.5 Å². The Morgan fingerprint density at radius 1 is 1.15 bits per heavy atom. The standard InChI is InChI=1S/C16H19N3O/c1-19(12-14-6-3-2-4-7-14)13-16(20)18-11-15-8-5-9-17-10-15/h2-10H,11-13H2,1H3,(H,18,20). The minimum Gasteiger partial charge on any atom is -0.351 e. The van der Waals surface area contributed by atoms with Gasteiger partial charge in [-0.3, -0.25) is 14.7 Å². The van der Waals surface area contributed by atoms with E-state index in [1.54, 1.807) is 12.4 Å². The van der Waals surface area contributed by atoms with Gasteiger partial charge in [0.1, 0.15) is 0 Å². The Bertz CT molecular complexity index is 528. The molecule has 0 aliphatic rings. The highest BCUT2D eigenvalue weighted by molar-refractivity contribution is 5.77. The van der Waals surface area contributed by atoms with Crippen molar-refractivity contribution >= 4 is 5.91 Å². The Labute approximate surface area is 119 Å². The van der Waals surface area contributed by atoms with E-state index in [9.17, 15) is 4.79 Å². The quantitative estimate of drug-likeness (QED) is 0.870. The highest BCUT2D eigenvalue weighted by Gasteiger charge is 2.06. The largest absolute Gasteiger partial charge is 0.351 e. The summed E-state index contributed by atoms with van der Waals surface area (Å²) < 4.78 is 0. The number of amides is 1. The lowest BCUT2D eigenvalue weighted by molar-refractivity contribution is -0.122. The lowest BCUT2D eigenvalue weighted by Gasteiger charge is -2.16. The number of likely N-dealkylation sites (N-methyl/N-ethyl adjacent to an activating group) is 1. The number of carbonyl (C=O) groups is 1. The number of nitrogens with zero attached hydrogens (tertiary/aromatic N) is 2. The zero-order chi connectivity index (χ0) is 14.2. The molecule has 1 heterocycles. The molecule has 0 aliphatic heterocycles. The number of hydrogen-bond acceptors (Lipinski definition) is 3. The van der Waals surface area contributed by atoms with Crippen LogP contribution < -0.4 is 5.32 Å². The lowest BCUT2D eigenvalue weighted by Crippen LogP contribution is -2.34. The van der Waals surface area contributed by atoms with Gasteiger partial charge in [0.2, 0.25) is 5.91 Å². The van der Waals surface area contributed by atoms with Crippen LogP contribution in [0.5, 0.6) is 0 Å². The van der Waals surface area contributed by atoms with E-state index in [0.717, 1.165) is 12.1 Å². The van der Waals surface area contributed by atoms with Crippen LogP contribution in [-0.4, -0.2) is 29.4 Å². The maximum Gasteiger partial charge on any atom is 0.234 e. The van der Waals surface area contributed by atoms with Crippen molar-refractivity contribution in [2.75, 3.05) is 13.6 Å². The van der Waals surface area contributed by atoms with Crippen molar-refractivity contribution in [2.24, 2.45) is 0 Å². The van der Waals surface area contributed by atoms with Gasteiger partial charge >= 0.3 is 0 Å². The van der Waals surface area contributed by atoms with Crippen molar-refractivity contribution in [3.05, 3.63) is 66.0 Å². The predicted octanol–water partition coefficient (Wildman–Crippen LogP) is 1.83. The maximum absolute atomic E-state index is 11.8. The van der Waals surface area contributed by atoms with Gasteiger partial charge in [0.15, 0.2) is 0 Å². The summed E-state index contributed by atoms with van der Waals surface area (Å²) in [5, 5.41) is 2.90. The summed E-state index contributed by atoms with van der Waals surface area (Å²) in [4.78, 5) is 17.9. The Hall–Kier alpha value is -2.20. The fraction of sp³-hybridized carbons (Fsp3) is 0.250. The van der Waals surface area contributed by atoms with Crippen LogP contribution in [0.1, 0.15) is 11.1 Å². The molecule has 4 nitrogen and oxygen atoms in total. The molecule has 104 valence electrons. The molecule has 0 spiro atoms. The summed E-state index contributed by atoms with van der Waals surface area (Å²) in [7, 11) is 1.94. The maximum atomic E-state index is 11.8. The summed E-state index contributed by atoms with van der Waals surface area (Å²) >= 11 is 0. The van der Waals surface area contributed by atoms with E-state index < -0.39 is 0 Å². The van der Waals surface area contributed by atoms with Gasteiger partial charge in [-0.15, -0.1) is 0 Å². The number of carbonyl (C=O) groups excluding carboxylic acids is 1. The Morgan fingerprint density at radius 2 is 1.90 bits per heavy atom. The van der Waals surface area contributed by atoms with Crippen molar-refractivity contribution in [3.8, 4) is 0 Å². The molecule has 1 aromatic heterocycles. The van der Waals surface area contributed by atoms with Gasteiger partial charge in [0.05, 0.1) is 6.54 Å². The van der Waals surface area contributed by atoms with Crippen LogP contribution in [0.25, 0.3) is 0 Å². The monoisotopic (exact) mass is 269 g/mol. The first-order chi connectivity index (χ1) is 9.74. The molecule has 0 bridgehead atoms. The molecule has 1 N–H and O–H groups in total. The number of benzene rings is 1. The molecule has 0 saturated carbocycles. The van der Waals surface area contributed by atoms with Gasteiger partial charge in [-0.2, -0.15) is 0 Å². The third kappa shape index (κ3) is 4.82. The molecule has 20 heavy (non-hydrogen) atoms. The zero-order valence-corrected chi connectivity index (χ0v) is 11.6. The highest BCUT2D eigenvalue weighted by Crippen LogP contribution is 2.02.